The molecule has 0 bridgehead atoms. The predicted octanol–water partition coefficient (Wildman–Crippen LogP) is 6.66. The summed E-state index contributed by atoms with van der Waals surface area (Å²) < 4.78 is 0. The van der Waals surface area contributed by atoms with Gasteiger partial charge in [0.05, 0.1) is 24.2 Å². The number of benzene rings is 3. The van der Waals surface area contributed by atoms with E-state index in [0.717, 1.165) is 29.5 Å². The molecule has 0 aliphatic heterocycles. The number of amides is 2. The van der Waals surface area contributed by atoms with Gasteiger partial charge in [-0.3, -0.25) is 14.9 Å². The maximum atomic E-state index is 13.0. The number of nitrogens with zero attached hydrogens (tertiary/aromatic N) is 2. The number of hydrogen-bond donors (Lipinski definition) is 2. The Kier molecular flexibility index (Phi) is 10.00. The van der Waals surface area contributed by atoms with Crippen molar-refractivity contribution in [2.24, 2.45) is 0 Å². The van der Waals surface area contributed by atoms with Crippen molar-refractivity contribution in [3.8, 4) is 17.2 Å². The predicted molar refractivity (Wildman–Crippen MR) is 157 cm³/mol. The Morgan fingerprint density at radius 3 is 2.33 bits per heavy atom. The van der Waals surface area contributed by atoms with Crippen LogP contribution in [0.5, 0.6) is 0 Å². The Morgan fingerprint density at radius 1 is 0.974 bits per heavy atom. The highest BCUT2D eigenvalue weighted by atomic mass is 35.5. The van der Waals surface area contributed by atoms with E-state index in [4.69, 9.17) is 23.2 Å². The average Bonchev–Trinajstić information content (AvgIpc) is 3.44. The van der Waals surface area contributed by atoms with E-state index in [9.17, 15) is 14.9 Å². The van der Waals surface area contributed by atoms with E-state index >= 15 is 0 Å². The summed E-state index contributed by atoms with van der Waals surface area (Å²) in [5.74, 6) is -0.695. The third kappa shape index (κ3) is 8.06. The summed E-state index contributed by atoms with van der Waals surface area (Å²) in [4.78, 5) is 27.3. The first-order chi connectivity index (χ1) is 18.8. The first-order valence-electron chi connectivity index (χ1n) is 13.2. The third-order valence-electron chi connectivity index (χ3n) is 7.10. The van der Waals surface area contributed by atoms with Gasteiger partial charge in [0.1, 0.15) is 0 Å². The second-order valence-electron chi connectivity index (χ2n) is 9.90. The molecule has 0 heterocycles. The van der Waals surface area contributed by atoms with Gasteiger partial charge in [-0.15, -0.1) is 0 Å². The summed E-state index contributed by atoms with van der Waals surface area (Å²) in [6, 6.07) is 23.0. The maximum Gasteiger partial charge on any atom is 0.246 e. The lowest BCUT2D eigenvalue weighted by Crippen LogP contribution is -2.42. The summed E-state index contributed by atoms with van der Waals surface area (Å²) in [6.45, 7) is 2.49. The van der Waals surface area contributed by atoms with Gasteiger partial charge in [-0.25, -0.2) is 0 Å². The molecule has 0 aromatic heterocycles. The molecular weight excluding hydrogens is 531 g/mol. The molecule has 6 nitrogen and oxygen atoms in total. The fraction of sp³-hybridized carbons (Fsp3) is 0.323. The monoisotopic (exact) mass is 562 g/mol. The van der Waals surface area contributed by atoms with Crippen LogP contribution in [0, 0.1) is 11.3 Å². The van der Waals surface area contributed by atoms with Crippen LogP contribution in [-0.4, -0.2) is 30.9 Å². The summed E-state index contributed by atoms with van der Waals surface area (Å²) in [5, 5.41) is 16.1. The SMILES string of the molecule is C[C@@H](c1ccc(-c2cccc(C#N)c2)cc1)N(CC(=O)NC(=O)CCNC1CCCC1)c1cc(Cl)cc(Cl)c1. The van der Waals surface area contributed by atoms with Crippen molar-refractivity contribution in [3.63, 3.8) is 0 Å². The van der Waals surface area contributed by atoms with Gasteiger partial charge in [-0.2, -0.15) is 5.26 Å². The Balaban J connectivity index is 1.47. The second kappa shape index (κ2) is 13.6. The van der Waals surface area contributed by atoms with Gasteiger partial charge in [0, 0.05) is 34.7 Å². The minimum Gasteiger partial charge on any atom is -0.355 e. The molecule has 1 atom stereocenters. The van der Waals surface area contributed by atoms with E-state index < -0.39 is 5.91 Å². The standard InChI is InChI=1S/C31H32Cl2N4O2/c1-21(23-9-11-24(12-10-23)25-6-4-5-22(15-25)19-34)37(29-17-26(32)16-27(33)18-29)20-31(39)36-30(38)13-14-35-28-7-2-3-8-28/h4-6,9-12,15-18,21,28,35H,2-3,7-8,13-14,20H2,1H3,(H,36,38,39)/t21-/m0/s1. The molecule has 4 rings (SSSR count). The highest BCUT2D eigenvalue weighted by molar-refractivity contribution is 6.35. The van der Waals surface area contributed by atoms with Gasteiger partial charge in [-0.05, 0) is 66.8 Å². The summed E-state index contributed by atoms with van der Waals surface area (Å²) in [5.41, 5.74) is 4.17. The minimum atomic E-state index is -0.395. The lowest BCUT2D eigenvalue weighted by molar-refractivity contribution is -0.129. The number of anilines is 1. The number of nitrogens with one attached hydrogen (secondary N) is 2. The van der Waals surface area contributed by atoms with Crippen LogP contribution in [0.2, 0.25) is 10.0 Å². The smallest absolute Gasteiger partial charge is 0.246 e. The van der Waals surface area contributed by atoms with E-state index in [0.29, 0.717) is 33.9 Å². The molecule has 39 heavy (non-hydrogen) atoms. The largest absolute Gasteiger partial charge is 0.355 e. The van der Waals surface area contributed by atoms with E-state index in [1.165, 1.54) is 12.8 Å². The van der Waals surface area contributed by atoms with Crippen molar-refractivity contribution in [2.45, 2.75) is 51.1 Å². The quantitative estimate of drug-likeness (QED) is 0.288. The topological polar surface area (TPSA) is 85.2 Å². The lowest BCUT2D eigenvalue weighted by Gasteiger charge is -2.31. The van der Waals surface area contributed by atoms with Crippen molar-refractivity contribution in [1.29, 1.82) is 5.26 Å². The Labute approximate surface area is 239 Å². The fourth-order valence-corrected chi connectivity index (χ4v) is 5.51. The van der Waals surface area contributed by atoms with Crippen LogP contribution in [0.4, 0.5) is 5.69 Å². The van der Waals surface area contributed by atoms with Crippen molar-refractivity contribution in [3.05, 3.63) is 87.9 Å². The third-order valence-corrected chi connectivity index (χ3v) is 7.53. The zero-order valence-corrected chi connectivity index (χ0v) is 23.4. The molecule has 0 spiro atoms. The zero-order valence-electron chi connectivity index (χ0n) is 21.9. The summed E-state index contributed by atoms with van der Waals surface area (Å²) >= 11 is 12.6. The van der Waals surface area contributed by atoms with Crippen molar-refractivity contribution < 1.29 is 9.59 Å². The molecule has 0 saturated heterocycles. The van der Waals surface area contributed by atoms with Crippen LogP contribution < -0.4 is 15.5 Å². The number of carbonyl (C=O) groups excluding carboxylic acids is 2. The molecule has 1 saturated carbocycles. The molecular formula is C31H32Cl2N4O2. The molecule has 2 N–H and O–H groups in total. The Hall–Kier alpha value is -3.37. The number of imide groups is 1. The van der Waals surface area contributed by atoms with Gasteiger partial charge in [0.25, 0.3) is 0 Å². The first-order valence-corrected chi connectivity index (χ1v) is 14.0. The molecule has 0 radical (unpaired) electrons. The van der Waals surface area contributed by atoms with Gasteiger partial charge < -0.3 is 10.2 Å². The lowest BCUT2D eigenvalue weighted by atomic mass is 9.99. The molecule has 3 aromatic carbocycles. The van der Waals surface area contributed by atoms with Crippen molar-refractivity contribution >= 4 is 40.7 Å². The van der Waals surface area contributed by atoms with Crippen molar-refractivity contribution in [2.75, 3.05) is 18.0 Å². The Morgan fingerprint density at radius 2 is 1.67 bits per heavy atom. The fourth-order valence-electron chi connectivity index (χ4n) is 4.99. The van der Waals surface area contributed by atoms with Gasteiger partial charge in [-0.1, -0.05) is 72.4 Å². The molecule has 3 aromatic rings. The van der Waals surface area contributed by atoms with E-state index in [1.54, 1.807) is 24.3 Å². The number of rotatable bonds is 10. The summed E-state index contributed by atoms with van der Waals surface area (Å²) in [6.07, 6.45) is 4.98. The molecule has 1 aliphatic rings. The van der Waals surface area contributed by atoms with E-state index in [2.05, 4.69) is 16.7 Å². The van der Waals surface area contributed by atoms with Crippen molar-refractivity contribution in [1.82, 2.24) is 10.6 Å². The van der Waals surface area contributed by atoms with Crippen LogP contribution in [0.3, 0.4) is 0 Å². The molecule has 1 fully saturated rings. The maximum absolute atomic E-state index is 13.0. The van der Waals surface area contributed by atoms with Crippen LogP contribution in [0.15, 0.2) is 66.7 Å². The van der Waals surface area contributed by atoms with Crippen LogP contribution in [0.25, 0.3) is 11.1 Å². The minimum absolute atomic E-state index is 0.0500. The average molecular weight is 564 g/mol. The second-order valence-corrected chi connectivity index (χ2v) is 10.8. The zero-order chi connectivity index (χ0) is 27.8. The van der Waals surface area contributed by atoms with E-state index in [-0.39, 0.29) is 24.9 Å². The molecule has 2 amide bonds. The summed E-state index contributed by atoms with van der Waals surface area (Å²) in [7, 11) is 0. The van der Waals surface area contributed by atoms with E-state index in [1.807, 2.05) is 54.3 Å². The number of hydrogen-bond acceptors (Lipinski definition) is 5. The number of halogens is 2. The highest BCUT2D eigenvalue weighted by Crippen LogP contribution is 2.32. The number of carbonyl (C=O) groups is 2. The van der Waals surface area contributed by atoms with Crippen LogP contribution in [-0.2, 0) is 9.59 Å². The highest BCUT2D eigenvalue weighted by Gasteiger charge is 2.22. The van der Waals surface area contributed by atoms with Crippen LogP contribution >= 0.6 is 23.2 Å². The first kappa shape index (κ1) is 28.6. The Bertz CT molecular complexity index is 1330. The molecule has 202 valence electrons. The number of nitriles is 1. The normalized spacial score (nSPS) is 14.0. The van der Waals surface area contributed by atoms with Gasteiger partial charge in [0.2, 0.25) is 11.8 Å². The molecule has 0 unspecified atom stereocenters. The van der Waals surface area contributed by atoms with Crippen LogP contribution in [0.1, 0.15) is 56.2 Å². The van der Waals surface area contributed by atoms with Gasteiger partial charge in [0.15, 0.2) is 0 Å². The van der Waals surface area contributed by atoms with Gasteiger partial charge >= 0.3 is 0 Å². The molecule has 8 heteroatoms. The molecule has 1 aliphatic carbocycles.